The number of carboxylic acid groups (broad SMARTS) is 3. The molecule has 0 rings (SSSR count). The second kappa shape index (κ2) is 9.09. The van der Waals surface area contributed by atoms with E-state index < -0.39 is 41.4 Å². The van der Waals surface area contributed by atoms with Gasteiger partial charge in [-0.15, -0.1) is 0 Å². The Hall–Kier alpha value is -2.16. The smallest absolute Gasteiger partial charge is 0.326 e. The predicted octanol–water partition coefficient (Wildman–Crippen LogP) is 0.0421. The Morgan fingerprint density at radius 1 is 0.870 bits per heavy atom. The van der Waals surface area contributed by atoms with E-state index >= 15 is 0 Å². The molecule has 0 aromatic carbocycles. The van der Waals surface area contributed by atoms with Crippen molar-refractivity contribution in [3.05, 3.63) is 0 Å². The zero-order chi connectivity index (χ0) is 18.2. The summed E-state index contributed by atoms with van der Waals surface area (Å²) in [5.41, 5.74) is -0.454. The maximum absolute atomic E-state index is 11.8. The summed E-state index contributed by atoms with van der Waals surface area (Å²) in [5.74, 6) is -4.23. The van der Waals surface area contributed by atoms with E-state index in [-0.39, 0.29) is 25.7 Å². The van der Waals surface area contributed by atoms with Crippen LogP contribution in [0.15, 0.2) is 0 Å². The van der Waals surface area contributed by atoms with Crippen molar-refractivity contribution in [1.29, 1.82) is 0 Å². The highest BCUT2D eigenvalue weighted by molar-refractivity contribution is 5.84. The molecule has 0 aliphatic heterocycles. The van der Waals surface area contributed by atoms with Gasteiger partial charge in [0.05, 0.1) is 0 Å². The number of hydrogen-bond acceptors (Lipinski definition) is 5. The van der Waals surface area contributed by atoms with E-state index in [0.717, 1.165) is 0 Å². The largest absolute Gasteiger partial charge is 0.481 e. The molecule has 0 bridgehead atoms. The van der Waals surface area contributed by atoms with Gasteiger partial charge in [0.25, 0.3) is 0 Å². The molecule has 0 unspecified atom stereocenters. The number of amides is 1. The lowest BCUT2D eigenvalue weighted by Gasteiger charge is -2.26. The number of rotatable bonds is 10. The van der Waals surface area contributed by atoms with Gasteiger partial charge in [0.2, 0.25) is 5.91 Å². The lowest BCUT2D eigenvalue weighted by atomic mass is 10.0. The van der Waals surface area contributed by atoms with Gasteiger partial charge in [-0.25, -0.2) is 4.79 Å². The molecule has 132 valence electrons. The van der Waals surface area contributed by atoms with E-state index in [9.17, 15) is 19.2 Å². The summed E-state index contributed by atoms with van der Waals surface area (Å²) in [7, 11) is 0. The van der Waals surface area contributed by atoms with Crippen LogP contribution in [0.3, 0.4) is 0 Å². The van der Waals surface area contributed by atoms with Gasteiger partial charge in [0.15, 0.2) is 0 Å². The summed E-state index contributed by atoms with van der Waals surface area (Å²) in [4.78, 5) is 44.3. The molecule has 1 amide bonds. The van der Waals surface area contributed by atoms with Crippen molar-refractivity contribution in [3.63, 3.8) is 0 Å². The third kappa shape index (κ3) is 10.2. The van der Waals surface area contributed by atoms with Crippen LogP contribution in [0.5, 0.6) is 0 Å². The molecule has 0 aliphatic rings. The Morgan fingerprint density at radius 3 is 1.74 bits per heavy atom. The summed E-state index contributed by atoms with van der Waals surface area (Å²) in [5, 5.41) is 31.7. The van der Waals surface area contributed by atoms with Crippen LogP contribution in [0.2, 0.25) is 0 Å². The molecule has 0 aromatic rings. The molecular weight excluding hydrogens is 308 g/mol. The minimum atomic E-state index is -1.33. The Bertz CT molecular complexity index is 457. The molecular formula is C14H24N2O7. The summed E-state index contributed by atoms with van der Waals surface area (Å²) < 4.78 is 0. The van der Waals surface area contributed by atoms with Gasteiger partial charge in [-0.1, -0.05) is 0 Å². The van der Waals surface area contributed by atoms with Crippen molar-refractivity contribution in [2.24, 2.45) is 0 Å². The van der Waals surface area contributed by atoms with Crippen molar-refractivity contribution in [3.8, 4) is 0 Å². The van der Waals surface area contributed by atoms with Crippen molar-refractivity contribution in [1.82, 2.24) is 10.6 Å². The molecule has 0 heterocycles. The number of hydrogen-bond donors (Lipinski definition) is 5. The van der Waals surface area contributed by atoms with Gasteiger partial charge in [-0.05, 0) is 33.6 Å². The van der Waals surface area contributed by atoms with Crippen molar-refractivity contribution in [2.45, 2.75) is 64.1 Å². The first kappa shape index (κ1) is 20.8. The average Bonchev–Trinajstić information content (AvgIpc) is 2.37. The van der Waals surface area contributed by atoms with Gasteiger partial charge in [0, 0.05) is 18.4 Å². The van der Waals surface area contributed by atoms with E-state index in [1.807, 2.05) is 0 Å². The van der Waals surface area contributed by atoms with Crippen LogP contribution >= 0.6 is 0 Å². The van der Waals surface area contributed by atoms with Gasteiger partial charge in [0.1, 0.15) is 12.1 Å². The Kier molecular flexibility index (Phi) is 8.23. The molecule has 0 aromatic heterocycles. The van der Waals surface area contributed by atoms with Gasteiger partial charge in [-0.2, -0.15) is 0 Å². The molecule has 0 aliphatic carbocycles. The van der Waals surface area contributed by atoms with Crippen molar-refractivity contribution < 1.29 is 34.5 Å². The predicted molar refractivity (Wildman–Crippen MR) is 80.0 cm³/mol. The molecule has 9 heteroatoms. The van der Waals surface area contributed by atoms with Gasteiger partial charge in [-0.3, -0.25) is 19.7 Å². The van der Waals surface area contributed by atoms with Crippen LogP contribution < -0.4 is 10.6 Å². The fourth-order valence-electron chi connectivity index (χ4n) is 1.85. The Labute approximate surface area is 134 Å². The molecule has 0 fully saturated rings. The first-order valence-electron chi connectivity index (χ1n) is 7.17. The second-order valence-electron chi connectivity index (χ2n) is 6.21. The zero-order valence-corrected chi connectivity index (χ0v) is 13.5. The lowest BCUT2D eigenvalue weighted by Crippen LogP contribution is -2.48. The van der Waals surface area contributed by atoms with Crippen LogP contribution in [-0.2, 0) is 19.2 Å². The van der Waals surface area contributed by atoms with E-state index in [4.69, 9.17) is 15.3 Å². The number of aliphatic carboxylic acids is 3. The number of carbonyl (C=O) groups excluding carboxylic acids is 1. The number of carboxylic acids is 3. The van der Waals surface area contributed by atoms with Crippen LogP contribution in [0.4, 0.5) is 0 Å². The summed E-state index contributed by atoms with van der Waals surface area (Å²) in [6.45, 7) is 5.36. The van der Waals surface area contributed by atoms with Crippen molar-refractivity contribution >= 4 is 23.8 Å². The van der Waals surface area contributed by atoms with E-state index in [1.54, 1.807) is 20.8 Å². The minimum Gasteiger partial charge on any atom is -0.481 e. The van der Waals surface area contributed by atoms with Crippen LogP contribution in [0, 0.1) is 0 Å². The molecule has 2 atom stereocenters. The lowest BCUT2D eigenvalue weighted by molar-refractivity contribution is -0.144. The highest BCUT2D eigenvalue weighted by Gasteiger charge is 2.25. The van der Waals surface area contributed by atoms with Crippen molar-refractivity contribution in [2.75, 3.05) is 0 Å². The van der Waals surface area contributed by atoms with Crippen LogP contribution in [0.1, 0.15) is 46.5 Å². The van der Waals surface area contributed by atoms with E-state index in [1.165, 1.54) is 0 Å². The monoisotopic (exact) mass is 332 g/mol. The standard InChI is InChI=1S/C14H24N2O7/c1-14(2,3)16-9(13(22)23)4-6-10(17)15-8(12(20)21)5-7-11(18)19/h8-9,16H,4-7H2,1-3H3,(H,15,17)(H,18,19)(H,20,21)(H,22,23)/t8-,9+/m1/s1. The maximum Gasteiger partial charge on any atom is 0.326 e. The molecule has 5 N–H and O–H groups in total. The van der Waals surface area contributed by atoms with E-state index in [2.05, 4.69) is 10.6 Å². The maximum atomic E-state index is 11.8. The second-order valence-corrected chi connectivity index (χ2v) is 6.21. The molecule has 0 radical (unpaired) electrons. The summed E-state index contributed by atoms with van der Waals surface area (Å²) >= 11 is 0. The first-order valence-corrected chi connectivity index (χ1v) is 7.17. The molecule has 0 spiro atoms. The zero-order valence-electron chi connectivity index (χ0n) is 13.5. The normalized spacial score (nSPS) is 13.9. The third-order valence-electron chi connectivity index (χ3n) is 2.85. The first-order chi connectivity index (χ1) is 10.4. The summed E-state index contributed by atoms with van der Waals surface area (Å²) in [6.07, 6.45) is -0.819. The van der Waals surface area contributed by atoms with Gasteiger partial charge < -0.3 is 20.6 Å². The summed E-state index contributed by atoms with van der Waals surface area (Å²) in [6, 6.07) is -2.25. The van der Waals surface area contributed by atoms with Crippen LogP contribution in [-0.4, -0.2) is 56.8 Å². The topological polar surface area (TPSA) is 153 Å². The quantitative estimate of drug-likeness (QED) is 0.376. The van der Waals surface area contributed by atoms with Gasteiger partial charge >= 0.3 is 17.9 Å². The highest BCUT2D eigenvalue weighted by Crippen LogP contribution is 2.07. The minimum absolute atomic E-state index is 0.0102. The Morgan fingerprint density at radius 2 is 1.35 bits per heavy atom. The average molecular weight is 332 g/mol. The molecule has 9 nitrogen and oxygen atoms in total. The highest BCUT2D eigenvalue weighted by atomic mass is 16.4. The Balaban J connectivity index is 4.51. The number of carbonyl (C=O) groups is 4. The fourth-order valence-corrected chi connectivity index (χ4v) is 1.85. The molecule has 0 saturated heterocycles. The fraction of sp³-hybridized carbons (Fsp3) is 0.714. The molecule has 23 heavy (non-hydrogen) atoms. The van der Waals surface area contributed by atoms with E-state index in [0.29, 0.717) is 0 Å². The molecule has 0 saturated carbocycles. The SMILES string of the molecule is CC(C)(C)N[C@@H](CCC(=O)N[C@H](CCC(=O)O)C(=O)O)C(=O)O. The number of nitrogens with one attached hydrogen (secondary N) is 2. The third-order valence-corrected chi connectivity index (χ3v) is 2.85. The van der Waals surface area contributed by atoms with Crippen LogP contribution in [0.25, 0.3) is 0 Å².